The molecule has 5 heteroatoms. The van der Waals surface area contributed by atoms with Crippen LogP contribution >= 0.6 is 0 Å². The molecule has 15 heavy (non-hydrogen) atoms. The highest BCUT2D eigenvalue weighted by atomic mass is 19.1. The van der Waals surface area contributed by atoms with Gasteiger partial charge in [-0.25, -0.2) is 4.39 Å². The van der Waals surface area contributed by atoms with Crippen molar-refractivity contribution in [1.82, 2.24) is 0 Å². The highest BCUT2D eigenvalue weighted by Gasteiger charge is 2.06. The summed E-state index contributed by atoms with van der Waals surface area (Å²) in [5.74, 6) is -1.01. The Morgan fingerprint density at radius 2 is 2.20 bits per heavy atom. The van der Waals surface area contributed by atoms with Crippen LogP contribution in [0.2, 0.25) is 0 Å². The maximum atomic E-state index is 13.2. The van der Waals surface area contributed by atoms with Crippen molar-refractivity contribution in [3.8, 4) is 0 Å². The van der Waals surface area contributed by atoms with Crippen molar-refractivity contribution in [3.05, 3.63) is 35.1 Å². The molecule has 4 nitrogen and oxygen atoms in total. The first-order valence-corrected chi connectivity index (χ1v) is 4.51. The summed E-state index contributed by atoms with van der Waals surface area (Å²) in [5, 5.41) is 0. The van der Waals surface area contributed by atoms with Gasteiger partial charge < -0.3 is 16.2 Å². The van der Waals surface area contributed by atoms with Gasteiger partial charge >= 0.3 is 0 Å². The summed E-state index contributed by atoms with van der Waals surface area (Å²) in [7, 11) is 0. The molecule has 1 aromatic carbocycles. The Morgan fingerprint density at radius 1 is 1.47 bits per heavy atom. The van der Waals surface area contributed by atoms with E-state index in [9.17, 15) is 9.18 Å². The molecule has 1 amide bonds. The molecular formula is C10H13FN2O2. The second-order valence-electron chi connectivity index (χ2n) is 3.01. The van der Waals surface area contributed by atoms with Crippen LogP contribution in [-0.2, 0) is 11.3 Å². The molecule has 1 rings (SSSR count). The van der Waals surface area contributed by atoms with Crippen LogP contribution in [0.4, 0.5) is 4.39 Å². The van der Waals surface area contributed by atoms with Crippen molar-refractivity contribution in [2.45, 2.75) is 6.61 Å². The molecule has 0 aliphatic heterocycles. The summed E-state index contributed by atoms with van der Waals surface area (Å²) >= 11 is 0. The van der Waals surface area contributed by atoms with Crippen molar-refractivity contribution >= 4 is 5.91 Å². The van der Waals surface area contributed by atoms with E-state index >= 15 is 0 Å². The maximum Gasteiger partial charge on any atom is 0.248 e. The summed E-state index contributed by atoms with van der Waals surface area (Å²) in [6.07, 6.45) is 0. The molecular weight excluding hydrogens is 199 g/mol. The molecule has 0 unspecified atom stereocenters. The van der Waals surface area contributed by atoms with E-state index in [-0.39, 0.29) is 12.2 Å². The predicted molar refractivity (Wildman–Crippen MR) is 53.6 cm³/mol. The number of amides is 1. The Morgan fingerprint density at radius 3 is 2.80 bits per heavy atom. The van der Waals surface area contributed by atoms with Crippen molar-refractivity contribution in [3.63, 3.8) is 0 Å². The Balaban J connectivity index is 2.76. The fourth-order valence-corrected chi connectivity index (χ4v) is 1.10. The van der Waals surface area contributed by atoms with E-state index < -0.39 is 11.7 Å². The average molecular weight is 212 g/mol. The molecule has 0 radical (unpaired) electrons. The molecule has 0 aliphatic rings. The third-order valence-electron chi connectivity index (χ3n) is 1.85. The average Bonchev–Trinajstić information content (AvgIpc) is 2.20. The van der Waals surface area contributed by atoms with Gasteiger partial charge in [0, 0.05) is 17.7 Å². The number of nitrogens with two attached hydrogens (primary N) is 2. The van der Waals surface area contributed by atoms with Crippen LogP contribution < -0.4 is 11.5 Å². The highest BCUT2D eigenvalue weighted by Crippen LogP contribution is 2.11. The van der Waals surface area contributed by atoms with Crippen LogP contribution in [0.1, 0.15) is 15.9 Å². The molecule has 0 saturated heterocycles. The van der Waals surface area contributed by atoms with Crippen molar-refractivity contribution in [2.24, 2.45) is 11.5 Å². The van der Waals surface area contributed by atoms with Crippen molar-refractivity contribution in [1.29, 1.82) is 0 Å². The molecule has 4 N–H and O–H groups in total. The number of carbonyl (C=O) groups excluding carboxylic acids is 1. The summed E-state index contributed by atoms with van der Waals surface area (Å²) in [5.41, 5.74) is 10.9. The largest absolute Gasteiger partial charge is 0.375 e. The third kappa shape index (κ3) is 3.30. The first-order chi connectivity index (χ1) is 7.15. The number of benzene rings is 1. The van der Waals surface area contributed by atoms with Gasteiger partial charge in [-0.2, -0.15) is 0 Å². The molecule has 0 atom stereocenters. The van der Waals surface area contributed by atoms with Gasteiger partial charge in [-0.1, -0.05) is 0 Å². The van der Waals surface area contributed by atoms with Crippen LogP contribution in [0.25, 0.3) is 0 Å². The first kappa shape index (κ1) is 11.6. The lowest BCUT2D eigenvalue weighted by Crippen LogP contribution is -2.12. The molecule has 82 valence electrons. The smallest absolute Gasteiger partial charge is 0.248 e. The molecule has 0 saturated carbocycles. The Labute approximate surface area is 87.0 Å². The number of halogens is 1. The lowest BCUT2D eigenvalue weighted by atomic mass is 10.1. The van der Waals surface area contributed by atoms with Gasteiger partial charge in [-0.3, -0.25) is 4.79 Å². The predicted octanol–water partition coefficient (Wildman–Crippen LogP) is 0.400. The SMILES string of the molecule is NCCOCc1cc(C(N)=O)ccc1F. The highest BCUT2D eigenvalue weighted by molar-refractivity contribution is 5.92. The number of hydrogen-bond acceptors (Lipinski definition) is 3. The Hall–Kier alpha value is -1.46. The second-order valence-corrected chi connectivity index (χ2v) is 3.01. The quantitative estimate of drug-likeness (QED) is 0.693. The zero-order valence-corrected chi connectivity index (χ0v) is 8.20. The molecule has 0 bridgehead atoms. The standard InChI is InChI=1S/C10H13FN2O2/c11-9-2-1-7(10(13)14)5-8(9)6-15-4-3-12/h1-2,5H,3-4,6,12H2,(H2,13,14). The fraction of sp³-hybridized carbons (Fsp3) is 0.300. The summed E-state index contributed by atoms with van der Waals surface area (Å²) in [6.45, 7) is 0.807. The first-order valence-electron chi connectivity index (χ1n) is 4.51. The number of ether oxygens (including phenoxy) is 1. The number of carbonyl (C=O) groups is 1. The fourth-order valence-electron chi connectivity index (χ4n) is 1.10. The van der Waals surface area contributed by atoms with Crippen LogP contribution in [0.3, 0.4) is 0 Å². The van der Waals surface area contributed by atoms with Crippen LogP contribution in [0.5, 0.6) is 0 Å². The van der Waals surface area contributed by atoms with E-state index in [2.05, 4.69) is 0 Å². The maximum absolute atomic E-state index is 13.2. The normalized spacial score (nSPS) is 10.3. The summed E-state index contributed by atoms with van der Waals surface area (Å²) in [6, 6.07) is 3.92. The molecule has 0 heterocycles. The zero-order chi connectivity index (χ0) is 11.3. The van der Waals surface area contributed by atoms with Gasteiger partial charge in [-0.05, 0) is 18.2 Å². The number of hydrogen-bond donors (Lipinski definition) is 2. The number of rotatable bonds is 5. The summed E-state index contributed by atoms with van der Waals surface area (Å²) < 4.78 is 18.3. The Bertz CT molecular complexity index is 355. The monoisotopic (exact) mass is 212 g/mol. The molecule has 1 aromatic rings. The topological polar surface area (TPSA) is 78.3 Å². The van der Waals surface area contributed by atoms with Crippen LogP contribution in [-0.4, -0.2) is 19.1 Å². The van der Waals surface area contributed by atoms with Gasteiger partial charge in [0.05, 0.1) is 13.2 Å². The minimum atomic E-state index is -0.588. The van der Waals surface area contributed by atoms with E-state index in [0.717, 1.165) is 0 Å². The molecule has 0 aromatic heterocycles. The van der Waals surface area contributed by atoms with Gasteiger partial charge in [0.1, 0.15) is 5.82 Å². The van der Waals surface area contributed by atoms with Gasteiger partial charge in [-0.15, -0.1) is 0 Å². The van der Waals surface area contributed by atoms with E-state index in [4.69, 9.17) is 16.2 Å². The minimum Gasteiger partial charge on any atom is -0.375 e. The van der Waals surface area contributed by atoms with Gasteiger partial charge in [0.25, 0.3) is 0 Å². The second kappa shape index (κ2) is 5.43. The van der Waals surface area contributed by atoms with Crippen molar-refractivity contribution < 1.29 is 13.9 Å². The van der Waals surface area contributed by atoms with Gasteiger partial charge in [0.2, 0.25) is 5.91 Å². The van der Waals surface area contributed by atoms with Gasteiger partial charge in [0.15, 0.2) is 0 Å². The van der Waals surface area contributed by atoms with Crippen molar-refractivity contribution in [2.75, 3.05) is 13.2 Å². The van der Waals surface area contributed by atoms with E-state index in [1.54, 1.807) is 0 Å². The van der Waals surface area contributed by atoms with Crippen LogP contribution in [0, 0.1) is 5.82 Å². The molecule has 0 aliphatic carbocycles. The van der Waals surface area contributed by atoms with E-state index in [0.29, 0.717) is 18.7 Å². The third-order valence-corrected chi connectivity index (χ3v) is 1.85. The molecule has 0 fully saturated rings. The van der Waals surface area contributed by atoms with E-state index in [1.165, 1.54) is 18.2 Å². The number of primary amides is 1. The lowest BCUT2D eigenvalue weighted by Gasteiger charge is -2.05. The lowest BCUT2D eigenvalue weighted by molar-refractivity contribution is 0.0999. The van der Waals surface area contributed by atoms with Crippen LogP contribution in [0.15, 0.2) is 18.2 Å². The Kier molecular flexibility index (Phi) is 4.20. The summed E-state index contributed by atoms with van der Waals surface area (Å²) in [4.78, 5) is 10.8. The zero-order valence-electron chi connectivity index (χ0n) is 8.20. The van der Waals surface area contributed by atoms with E-state index in [1.807, 2.05) is 0 Å². The minimum absolute atomic E-state index is 0.0875. The molecule has 0 spiro atoms.